The molecule has 2 N–H and O–H groups in total. The molecule has 0 aromatic heterocycles. The lowest BCUT2D eigenvalue weighted by molar-refractivity contribution is -0.0403. The number of benzene rings is 1. The summed E-state index contributed by atoms with van der Waals surface area (Å²) in [5.74, 6) is 0. The second kappa shape index (κ2) is 6.04. The van der Waals surface area contributed by atoms with Crippen LogP contribution in [-0.2, 0) is 11.2 Å². The van der Waals surface area contributed by atoms with Gasteiger partial charge in [-0.25, -0.2) is 0 Å². The maximum Gasteiger partial charge on any atom is 0.0824 e. The Hall–Kier alpha value is -0.900. The Morgan fingerprint density at radius 3 is 3.05 bits per heavy atom. The highest BCUT2D eigenvalue weighted by molar-refractivity contribution is 5.31. The lowest BCUT2D eigenvalue weighted by Gasteiger charge is -2.38. The van der Waals surface area contributed by atoms with E-state index in [-0.39, 0.29) is 6.10 Å². The molecule has 0 radical (unpaired) electrons. The van der Waals surface area contributed by atoms with Crippen molar-refractivity contribution in [1.29, 1.82) is 0 Å². The Kier molecular flexibility index (Phi) is 4.16. The number of aryl methyl sites for hydroxylation is 1. The van der Waals surface area contributed by atoms with Crippen molar-refractivity contribution in [2.24, 2.45) is 5.73 Å². The summed E-state index contributed by atoms with van der Waals surface area (Å²) in [7, 11) is 0. The van der Waals surface area contributed by atoms with Crippen LogP contribution in [0.5, 0.6) is 0 Å². The molecule has 3 rings (SSSR count). The van der Waals surface area contributed by atoms with E-state index in [4.69, 9.17) is 10.5 Å². The summed E-state index contributed by atoms with van der Waals surface area (Å²) >= 11 is 0. The minimum Gasteiger partial charge on any atom is -0.374 e. The van der Waals surface area contributed by atoms with Crippen molar-refractivity contribution in [1.82, 2.24) is 4.90 Å². The first kappa shape index (κ1) is 13.1. The summed E-state index contributed by atoms with van der Waals surface area (Å²) in [6.07, 6.45) is 5.36. The number of nitrogens with two attached hydrogens (primary N) is 1. The van der Waals surface area contributed by atoms with Crippen molar-refractivity contribution >= 4 is 0 Å². The van der Waals surface area contributed by atoms with Crippen LogP contribution in [-0.4, -0.2) is 37.2 Å². The second-order valence-electron chi connectivity index (χ2n) is 5.68. The van der Waals surface area contributed by atoms with E-state index < -0.39 is 0 Å². The normalized spacial score (nSPS) is 28.7. The second-order valence-corrected chi connectivity index (χ2v) is 5.68. The number of nitrogens with zero attached hydrogens (tertiary/aromatic N) is 1. The van der Waals surface area contributed by atoms with E-state index in [0.717, 1.165) is 19.7 Å². The lowest BCUT2D eigenvalue weighted by Crippen LogP contribution is -2.47. The van der Waals surface area contributed by atoms with Crippen LogP contribution in [0, 0.1) is 0 Å². The summed E-state index contributed by atoms with van der Waals surface area (Å²) in [4.78, 5) is 2.59. The van der Waals surface area contributed by atoms with Crippen molar-refractivity contribution in [2.75, 3.05) is 26.2 Å². The first-order chi connectivity index (χ1) is 9.38. The molecule has 0 amide bonds. The Labute approximate surface area is 115 Å². The fraction of sp³-hybridized carbons (Fsp3) is 0.625. The highest BCUT2D eigenvalue weighted by atomic mass is 16.5. The van der Waals surface area contributed by atoms with Crippen LogP contribution in [0.3, 0.4) is 0 Å². The predicted molar refractivity (Wildman–Crippen MR) is 77.1 cm³/mol. The monoisotopic (exact) mass is 260 g/mol. The van der Waals surface area contributed by atoms with Gasteiger partial charge in [-0.3, -0.25) is 4.90 Å². The molecule has 2 aliphatic rings. The van der Waals surface area contributed by atoms with Crippen LogP contribution in [0.2, 0.25) is 0 Å². The minimum atomic E-state index is 0.212. The Morgan fingerprint density at radius 2 is 2.16 bits per heavy atom. The molecule has 1 fully saturated rings. The van der Waals surface area contributed by atoms with Crippen LogP contribution in [0.25, 0.3) is 0 Å². The molecule has 104 valence electrons. The van der Waals surface area contributed by atoms with Crippen LogP contribution < -0.4 is 5.73 Å². The molecule has 1 aromatic carbocycles. The average molecular weight is 260 g/mol. The van der Waals surface area contributed by atoms with E-state index in [1.165, 1.54) is 31.2 Å². The molecule has 0 saturated carbocycles. The zero-order valence-electron chi connectivity index (χ0n) is 11.6. The summed E-state index contributed by atoms with van der Waals surface area (Å²) < 4.78 is 5.70. The predicted octanol–water partition coefficient (Wildman–Crippen LogP) is 2.11. The molecule has 1 aliphatic heterocycles. The van der Waals surface area contributed by atoms with Gasteiger partial charge in [-0.1, -0.05) is 30.7 Å². The first-order valence-corrected chi connectivity index (χ1v) is 7.52. The third-order valence-electron chi connectivity index (χ3n) is 4.46. The molecule has 1 aliphatic carbocycles. The maximum absolute atomic E-state index is 5.77. The van der Waals surface area contributed by atoms with Gasteiger partial charge in [0.2, 0.25) is 0 Å². The van der Waals surface area contributed by atoms with E-state index in [0.29, 0.717) is 12.6 Å². The van der Waals surface area contributed by atoms with E-state index >= 15 is 0 Å². The molecule has 1 heterocycles. The standard InChI is InChI=1S/C16H24N2O/c17-11-14-12-18(9-10-19-14)16-8-4-2-6-13-5-1-3-7-15(13)16/h1,3,5,7,14,16H,2,4,6,8-12,17H2. The van der Waals surface area contributed by atoms with Crippen molar-refractivity contribution in [2.45, 2.75) is 37.8 Å². The van der Waals surface area contributed by atoms with Gasteiger partial charge in [-0.2, -0.15) is 0 Å². The topological polar surface area (TPSA) is 38.5 Å². The zero-order valence-corrected chi connectivity index (χ0v) is 11.6. The molecular weight excluding hydrogens is 236 g/mol. The van der Waals surface area contributed by atoms with Crippen LogP contribution >= 0.6 is 0 Å². The van der Waals surface area contributed by atoms with E-state index in [1.54, 1.807) is 5.56 Å². The molecule has 1 aromatic rings. The van der Waals surface area contributed by atoms with Crippen LogP contribution in [0.15, 0.2) is 24.3 Å². The highest BCUT2D eigenvalue weighted by Gasteiger charge is 2.28. The number of ether oxygens (including phenoxy) is 1. The van der Waals surface area contributed by atoms with Gasteiger partial charge in [0.15, 0.2) is 0 Å². The maximum atomic E-state index is 5.77. The zero-order chi connectivity index (χ0) is 13.1. The van der Waals surface area contributed by atoms with Crippen LogP contribution in [0.1, 0.15) is 36.4 Å². The Morgan fingerprint density at radius 1 is 1.26 bits per heavy atom. The molecule has 3 nitrogen and oxygen atoms in total. The fourth-order valence-corrected chi connectivity index (χ4v) is 3.44. The van der Waals surface area contributed by atoms with Gasteiger partial charge in [-0.05, 0) is 30.4 Å². The van der Waals surface area contributed by atoms with E-state index in [2.05, 4.69) is 29.2 Å². The highest BCUT2D eigenvalue weighted by Crippen LogP contribution is 2.33. The summed E-state index contributed by atoms with van der Waals surface area (Å²) in [5, 5.41) is 0. The van der Waals surface area contributed by atoms with Gasteiger partial charge < -0.3 is 10.5 Å². The number of hydrogen-bond donors (Lipinski definition) is 1. The number of fused-ring (bicyclic) bond motifs is 1. The van der Waals surface area contributed by atoms with Gasteiger partial charge in [0.05, 0.1) is 12.7 Å². The van der Waals surface area contributed by atoms with Crippen molar-refractivity contribution in [3.63, 3.8) is 0 Å². The van der Waals surface area contributed by atoms with Gasteiger partial charge in [0.1, 0.15) is 0 Å². The van der Waals surface area contributed by atoms with Gasteiger partial charge in [0.25, 0.3) is 0 Å². The average Bonchev–Trinajstić information content (AvgIpc) is 2.69. The van der Waals surface area contributed by atoms with Crippen molar-refractivity contribution in [3.05, 3.63) is 35.4 Å². The SMILES string of the molecule is NCC1CN(C2CCCCc3ccccc32)CCO1. The number of morpholine rings is 1. The van der Waals surface area contributed by atoms with E-state index in [9.17, 15) is 0 Å². The number of hydrogen-bond acceptors (Lipinski definition) is 3. The van der Waals surface area contributed by atoms with Gasteiger partial charge in [-0.15, -0.1) is 0 Å². The molecule has 2 unspecified atom stereocenters. The third kappa shape index (κ3) is 2.83. The molecule has 19 heavy (non-hydrogen) atoms. The molecule has 3 heteroatoms. The molecule has 0 spiro atoms. The lowest BCUT2D eigenvalue weighted by atomic mass is 9.97. The smallest absolute Gasteiger partial charge is 0.0824 e. The quantitative estimate of drug-likeness (QED) is 0.828. The minimum absolute atomic E-state index is 0.212. The Bertz CT molecular complexity index is 421. The first-order valence-electron chi connectivity index (χ1n) is 7.52. The molecule has 2 atom stereocenters. The molecule has 1 saturated heterocycles. The summed E-state index contributed by atoms with van der Waals surface area (Å²) in [6.45, 7) is 3.47. The summed E-state index contributed by atoms with van der Waals surface area (Å²) in [6, 6.07) is 9.53. The molecule has 0 bridgehead atoms. The van der Waals surface area contributed by atoms with Crippen molar-refractivity contribution in [3.8, 4) is 0 Å². The van der Waals surface area contributed by atoms with E-state index in [1.807, 2.05) is 0 Å². The van der Waals surface area contributed by atoms with Crippen LogP contribution in [0.4, 0.5) is 0 Å². The largest absolute Gasteiger partial charge is 0.374 e. The Balaban J connectivity index is 1.83. The van der Waals surface area contributed by atoms with Gasteiger partial charge >= 0.3 is 0 Å². The molecular formula is C16H24N2O. The van der Waals surface area contributed by atoms with Gasteiger partial charge in [0, 0.05) is 25.7 Å². The van der Waals surface area contributed by atoms with Crippen molar-refractivity contribution < 1.29 is 4.74 Å². The third-order valence-corrected chi connectivity index (χ3v) is 4.46. The fourth-order valence-electron chi connectivity index (χ4n) is 3.44. The summed E-state index contributed by atoms with van der Waals surface area (Å²) in [5.41, 5.74) is 8.85. The number of rotatable bonds is 2.